The van der Waals surface area contributed by atoms with Crippen LogP contribution in [0.2, 0.25) is 0 Å². The molecule has 0 aliphatic carbocycles. The number of hydrogen-bond donors (Lipinski definition) is 1. The number of nitrogens with zero attached hydrogens (tertiary/aromatic N) is 3. The Morgan fingerprint density at radius 1 is 1.00 bits per heavy atom. The molecule has 3 aromatic rings. The first-order valence-electron chi connectivity index (χ1n) is 12.5. The zero-order valence-corrected chi connectivity index (χ0v) is 21.2. The lowest BCUT2D eigenvalue weighted by atomic mass is 10.1. The highest BCUT2D eigenvalue weighted by molar-refractivity contribution is 7.13. The van der Waals surface area contributed by atoms with Crippen LogP contribution in [0.25, 0.3) is 10.4 Å². The molecule has 2 aromatic heterocycles. The topological polar surface area (TPSA) is 99.7 Å². The fourth-order valence-electron chi connectivity index (χ4n) is 5.09. The van der Waals surface area contributed by atoms with Gasteiger partial charge in [-0.3, -0.25) is 24.2 Å². The second-order valence-corrected chi connectivity index (χ2v) is 10.2. The number of benzene rings is 1. The molecular formula is C28H28N4O4S. The van der Waals surface area contributed by atoms with Crippen molar-refractivity contribution in [3.05, 3.63) is 77.4 Å². The van der Waals surface area contributed by atoms with Gasteiger partial charge < -0.3 is 15.1 Å². The largest absolute Gasteiger partial charge is 0.352 e. The van der Waals surface area contributed by atoms with Crippen molar-refractivity contribution in [2.45, 2.75) is 37.8 Å². The van der Waals surface area contributed by atoms with Crippen LogP contribution in [0.4, 0.5) is 0 Å². The lowest BCUT2D eigenvalue weighted by Gasteiger charge is -2.24. The summed E-state index contributed by atoms with van der Waals surface area (Å²) < 4.78 is 0. The minimum absolute atomic E-state index is 0.00879. The van der Waals surface area contributed by atoms with Crippen molar-refractivity contribution in [1.29, 1.82) is 0 Å². The first-order valence-corrected chi connectivity index (χ1v) is 13.4. The van der Waals surface area contributed by atoms with Crippen LogP contribution >= 0.6 is 11.3 Å². The van der Waals surface area contributed by atoms with E-state index in [0.717, 1.165) is 10.4 Å². The molecule has 2 atom stereocenters. The van der Waals surface area contributed by atoms with E-state index in [1.807, 2.05) is 41.8 Å². The summed E-state index contributed by atoms with van der Waals surface area (Å²) in [6, 6.07) is 15.8. The number of carbonyl (C=O) groups is 4. The van der Waals surface area contributed by atoms with Crippen LogP contribution < -0.4 is 5.32 Å². The molecule has 2 aliphatic rings. The van der Waals surface area contributed by atoms with Crippen molar-refractivity contribution in [3.63, 3.8) is 0 Å². The SMILES string of the molecule is O=C(NCCCCC(=O)N1CCC2C1C(=O)CN2C(=O)c1ccccn1)c1ccc(-c2cccs2)cc1. The average molecular weight is 517 g/mol. The number of Topliss-reactive ketones (excluding diaryl/α,β-unsaturated/α-hetero) is 1. The van der Waals surface area contributed by atoms with Gasteiger partial charge in [0.2, 0.25) is 5.91 Å². The number of unbranched alkanes of at least 4 members (excludes halogenated alkanes) is 1. The van der Waals surface area contributed by atoms with Crippen molar-refractivity contribution < 1.29 is 19.2 Å². The van der Waals surface area contributed by atoms with Crippen LogP contribution in [0.1, 0.15) is 46.5 Å². The first-order chi connectivity index (χ1) is 18.0. The maximum absolute atomic E-state index is 12.9. The molecule has 37 heavy (non-hydrogen) atoms. The Bertz CT molecular complexity index is 1280. The number of ketones is 1. The van der Waals surface area contributed by atoms with Gasteiger partial charge in [0.05, 0.1) is 12.6 Å². The van der Waals surface area contributed by atoms with Crippen molar-refractivity contribution in [3.8, 4) is 10.4 Å². The summed E-state index contributed by atoms with van der Waals surface area (Å²) in [5, 5.41) is 4.93. The van der Waals surface area contributed by atoms with E-state index in [9.17, 15) is 19.2 Å². The van der Waals surface area contributed by atoms with E-state index in [2.05, 4.69) is 10.3 Å². The lowest BCUT2D eigenvalue weighted by Crippen LogP contribution is -2.43. The van der Waals surface area contributed by atoms with Gasteiger partial charge in [-0.2, -0.15) is 0 Å². The predicted molar refractivity (Wildman–Crippen MR) is 140 cm³/mol. The molecule has 4 heterocycles. The molecule has 0 spiro atoms. The second-order valence-electron chi connectivity index (χ2n) is 9.27. The normalized spacial score (nSPS) is 18.6. The molecule has 9 heteroatoms. The number of pyridine rings is 1. The van der Waals surface area contributed by atoms with E-state index >= 15 is 0 Å². The molecule has 5 rings (SSSR count). The van der Waals surface area contributed by atoms with E-state index in [1.54, 1.807) is 45.5 Å². The lowest BCUT2D eigenvalue weighted by molar-refractivity contribution is -0.136. The maximum atomic E-state index is 12.9. The van der Waals surface area contributed by atoms with Crippen LogP contribution in [0.15, 0.2) is 66.2 Å². The molecular weight excluding hydrogens is 488 g/mol. The summed E-state index contributed by atoms with van der Waals surface area (Å²) in [5.41, 5.74) is 1.99. The molecule has 0 saturated carbocycles. The highest BCUT2D eigenvalue weighted by atomic mass is 32.1. The maximum Gasteiger partial charge on any atom is 0.273 e. The number of nitrogens with one attached hydrogen (secondary N) is 1. The van der Waals surface area contributed by atoms with Gasteiger partial charge in [0.25, 0.3) is 11.8 Å². The number of thiophene rings is 1. The smallest absolute Gasteiger partial charge is 0.273 e. The zero-order chi connectivity index (χ0) is 25.8. The molecule has 2 unspecified atom stereocenters. The number of amides is 3. The van der Waals surface area contributed by atoms with Crippen LogP contribution in [0, 0.1) is 0 Å². The molecule has 1 N–H and O–H groups in total. The Kier molecular flexibility index (Phi) is 7.41. The van der Waals surface area contributed by atoms with Gasteiger partial charge in [0.1, 0.15) is 11.7 Å². The summed E-state index contributed by atoms with van der Waals surface area (Å²) in [6.07, 6.45) is 3.70. The molecule has 0 radical (unpaired) electrons. The van der Waals surface area contributed by atoms with Crippen molar-refractivity contribution >= 4 is 34.8 Å². The Morgan fingerprint density at radius 3 is 2.57 bits per heavy atom. The van der Waals surface area contributed by atoms with Crippen molar-refractivity contribution in [1.82, 2.24) is 20.1 Å². The van der Waals surface area contributed by atoms with E-state index in [4.69, 9.17) is 0 Å². The van der Waals surface area contributed by atoms with Gasteiger partial charge in [-0.1, -0.05) is 24.3 Å². The summed E-state index contributed by atoms with van der Waals surface area (Å²) >= 11 is 1.66. The first kappa shape index (κ1) is 24.8. The Morgan fingerprint density at radius 2 is 1.84 bits per heavy atom. The van der Waals surface area contributed by atoms with Gasteiger partial charge in [0.15, 0.2) is 5.78 Å². The molecule has 2 aliphatic heterocycles. The van der Waals surface area contributed by atoms with Gasteiger partial charge in [0, 0.05) is 36.1 Å². The molecule has 3 amide bonds. The van der Waals surface area contributed by atoms with E-state index in [1.165, 1.54) is 0 Å². The number of carbonyl (C=O) groups excluding carboxylic acids is 4. The molecule has 2 fully saturated rings. The Labute approximate surface area is 219 Å². The van der Waals surface area contributed by atoms with Crippen LogP contribution in [0.3, 0.4) is 0 Å². The third-order valence-electron chi connectivity index (χ3n) is 6.94. The standard InChI is InChI=1S/C28H28N4O4S/c33-23-18-32(28(36)21-6-1-3-14-29-21)22-13-16-31(26(22)23)25(34)8-2-4-15-30-27(35)20-11-9-19(10-12-20)24-7-5-17-37-24/h1,3,5-7,9-12,14,17,22,26H,2,4,8,13,15-16,18H2,(H,30,35). The van der Waals surface area contributed by atoms with Crippen LogP contribution in [-0.4, -0.2) is 70.0 Å². The molecule has 1 aromatic carbocycles. The van der Waals surface area contributed by atoms with Gasteiger partial charge in [-0.05, 0) is 60.5 Å². The predicted octanol–water partition coefficient (Wildman–Crippen LogP) is 3.40. The Balaban J connectivity index is 1.06. The minimum Gasteiger partial charge on any atom is -0.352 e. The summed E-state index contributed by atoms with van der Waals surface area (Å²) in [6.45, 7) is 0.940. The summed E-state index contributed by atoms with van der Waals surface area (Å²) in [7, 11) is 0. The molecule has 190 valence electrons. The van der Waals surface area contributed by atoms with Crippen molar-refractivity contribution in [2.24, 2.45) is 0 Å². The average Bonchev–Trinajstić information content (AvgIpc) is 3.68. The third kappa shape index (κ3) is 5.32. The second kappa shape index (κ2) is 11.0. The monoisotopic (exact) mass is 516 g/mol. The fourth-order valence-corrected chi connectivity index (χ4v) is 5.82. The fraction of sp³-hybridized carbons (Fsp3) is 0.321. The third-order valence-corrected chi connectivity index (χ3v) is 7.86. The Hall–Kier alpha value is -3.85. The quantitative estimate of drug-likeness (QED) is 0.463. The van der Waals surface area contributed by atoms with Gasteiger partial charge >= 0.3 is 0 Å². The van der Waals surface area contributed by atoms with Crippen LogP contribution in [-0.2, 0) is 9.59 Å². The number of rotatable bonds is 8. The van der Waals surface area contributed by atoms with E-state index in [0.29, 0.717) is 50.0 Å². The minimum atomic E-state index is -0.572. The number of hydrogen-bond acceptors (Lipinski definition) is 6. The highest BCUT2D eigenvalue weighted by Crippen LogP contribution is 2.31. The molecule has 8 nitrogen and oxygen atoms in total. The van der Waals surface area contributed by atoms with Gasteiger partial charge in [-0.15, -0.1) is 11.3 Å². The van der Waals surface area contributed by atoms with E-state index in [-0.39, 0.29) is 36.1 Å². The highest BCUT2D eigenvalue weighted by Gasteiger charge is 2.51. The van der Waals surface area contributed by atoms with Gasteiger partial charge in [-0.25, -0.2) is 0 Å². The summed E-state index contributed by atoms with van der Waals surface area (Å²) in [4.78, 5) is 59.4. The molecule has 2 saturated heterocycles. The van der Waals surface area contributed by atoms with E-state index < -0.39 is 6.04 Å². The number of fused-ring (bicyclic) bond motifs is 1. The zero-order valence-electron chi connectivity index (χ0n) is 20.3. The van der Waals surface area contributed by atoms with Crippen molar-refractivity contribution in [2.75, 3.05) is 19.6 Å². The number of likely N-dealkylation sites (tertiary alicyclic amines) is 2. The molecule has 0 bridgehead atoms. The number of aromatic nitrogens is 1. The summed E-state index contributed by atoms with van der Waals surface area (Å²) in [5.74, 6) is -0.589. The van der Waals surface area contributed by atoms with Crippen LogP contribution in [0.5, 0.6) is 0 Å².